The molecule has 0 aliphatic heterocycles. The average molecular weight is 302 g/mol. The lowest BCUT2D eigenvalue weighted by Crippen LogP contribution is -2.03. The molecule has 0 aromatic heterocycles. The lowest BCUT2D eigenvalue weighted by molar-refractivity contribution is 1.20. The molecule has 3 aromatic carbocycles. The Hall–Kier alpha value is -2.74. The van der Waals surface area contributed by atoms with E-state index in [1.165, 1.54) is 22.4 Å². The second-order valence-corrected chi connectivity index (χ2v) is 5.55. The normalized spacial score (nSPS) is 10.3. The number of rotatable bonds is 5. The Labute approximate surface area is 138 Å². The number of benzene rings is 3. The second-order valence-electron chi connectivity index (χ2n) is 5.55. The molecule has 0 aliphatic carbocycles. The van der Waals surface area contributed by atoms with Gasteiger partial charge in [-0.25, -0.2) is 0 Å². The zero-order valence-corrected chi connectivity index (χ0v) is 13.6. The van der Waals surface area contributed by atoms with E-state index in [0.717, 1.165) is 17.9 Å². The fraction of sp³-hybridized carbons (Fsp3) is 0.143. The van der Waals surface area contributed by atoms with Crippen LogP contribution in [0, 0.1) is 6.92 Å². The second kappa shape index (κ2) is 7.01. The first-order valence-corrected chi connectivity index (χ1v) is 8.04. The Morgan fingerprint density at radius 2 is 1.43 bits per heavy atom. The molecule has 0 spiro atoms. The van der Waals surface area contributed by atoms with Crippen LogP contribution in [0.1, 0.15) is 12.5 Å². The van der Waals surface area contributed by atoms with Gasteiger partial charge in [-0.05, 0) is 43.2 Å². The molecule has 2 heteroatoms. The first kappa shape index (κ1) is 15.2. The van der Waals surface area contributed by atoms with E-state index in [9.17, 15) is 0 Å². The molecule has 2 nitrogen and oxygen atoms in total. The highest BCUT2D eigenvalue weighted by atomic mass is 14.9. The van der Waals surface area contributed by atoms with E-state index in [4.69, 9.17) is 0 Å². The van der Waals surface area contributed by atoms with Gasteiger partial charge >= 0.3 is 0 Å². The molecule has 116 valence electrons. The van der Waals surface area contributed by atoms with Crippen LogP contribution in [-0.4, -0.2) is 6.54 Å². The molecular weight excluding hydrogens is 280 g/mol. The Morgan fingerprint density at radius 3 is 2.09 bits per heavy atom. The van der Waals surface area contributed by atoms with Gasteiger partial charge in [0.25, 0.3) is 0 Å². The first-order valence-electron chi connectivity index (χ1n) is 8.04. The minimum atomic E-state index is 0.898. The summed E-state index contributed by atoms with van der Waals surface area (Å²) in [4.78, 5) is 0. The summed E-state index contributed by atoms with van der Waals surface area (Å²) in [5.74, 6) is 0. The molecule has 3 aromatic rings. The standard InChI is InChI=1S/C21H22N2/c1-3-22-21-16(2)20(23-18-12-8-5-9-13-18)15-14-19(21)17-10-6-4-7-11-17/h4-15,22-23H,3H2,1-2H3. The van der Waals surface area contributed by atoms with Crippen molar-refractivity contribution in [2.45, 2.75) is 13.8 Å². The van der Waals surface area contributed by atoms with Gasteiger partial charge in [-0.3, -0.25) is 0 Å². The fourth-order valence-electron chi connectivity index (χ4n) is 2.79. The summed E-state index contributed by atoms with van der Waals surface area (Å²) in [5.41, 5.74) is 7.13. The largest absolute Gasteiger partial charge is 0.385 e. The van der Waals surface area contributed by atoms with Gasteiger partial charge in [0.1, 0.15) is 0 Å². The molecule has 0 saturated carbocycles. The molecule has 0 amide bonds. The van der Waals surface area contributed by atoms with Crippen molar-refractivity contribution >= 4 is 17.1 Å². The summed E-state index contributed by atoms with van der Waals surface area (Å²) in [6.07, 6.45) is 0. The molecule has 2 N–H and O–H groups in total. The summed E-state index contributed by atoms with van der Waals surface area (Å²) < 4.78 is 0. The average Bonchev–Trinajstić information content (AvgIpc) is 2.60. The Morgan fingerprint density at radius 1 is 0.783 bits per heavy atom. The van der Waals surface area contributed by atoms with Gasteiger partial charge in [0, 0.05) is 29.2 Å². The molecule has 0 aliphatic rings. The van der Waals surface area contributed by atoms with E-state index in [1.54, 1.807) is 0 Å². The molecule has 0 radical (unpaired) electrons. The monoisotopic (exact) mass is 302 g/mol. The van der Waals surface area contributed by atoms with E-state index in [2.05, 4.69) is 79.1 Å². The lowest BCUT2D eigenvalue weighted by atomic mass is 9.99. The maximum atomic E-state index is 3.53. The van der Waals surface area contributed by atoms with E-state index < -0.39 is 0 Å². The highest BCUT2D eigenvalue weighted by molar-refractivity contribution is 5.85. The van der Waals surface area contributed by atoms with Crippen molar-refractivity contribution in [2.24, 2.45) is 0 Å². The minimum absolute atomic E-state index is 0.898. The maximum absolute atomic E-state index is 3.53. The van der Waals surface area contributed by atoms with Crippen molar-refractivity contribution in [2.75, 3.05) is 17.2 Å². The Balaban J connectivity index is 2.02. The zero-order valence-electron chi connectivity index (χ0n) is 13.6. The summed E-state index contributed by atoms with van der Waals surface area (Å²) in [5, 5.41) is 7.04. The van der Waals surface area contributed by atoms with Crippen LogP contribution in [-0.2, 0) is 0 Å². The first-order chi connectivity index (χ1) is 11.3. The van der Waals surface area contributed by atoms with Gasteiger partial charge in [-0.15, -0.1) is 0 Å². The molecule has 3 rings (SSSR count). The lowest BCUT2D eigenvalue weighted by Gasteiger charge is -2.18. The molecule has 0 unspecified atom stereocenters. The molecule has 0 heterocycles. The third-order valence-corrected chi connectivity index (χ3v) is 3.96. The maximum Gasteiger partial charge on any atom is 0.0470 e. The number of hydrogen-bond donors (Lipinski definition) is 2. The van der Waals surface area contributed by atoms with Crippen LogP contribution in [0.4, 0.5) is 17.1 Å². The van der Waals surface area contributed by atoms with Crippen molar-refractivity contribution in [1.29, 1.82) is 0 Å². The molecule has 0 bridgehead atoms. The summed E-state index contributed by atoms with van der Waals surface area (Å²) in [7, 11) is 0. The topological polar surface area (TPSA) is 24.1 Å². The van der Waals surface area contributed by atoms with Crippen molar-refractivity contribution in [1.82, 2.24) is 0 Å². The molecule has 0 saturated heterocycles. The Bertz CT molecular complexity index is 765. The van der Waals surface area contributed by atoms with Gasteiger partial charge in [0.2, 0.25) is 0 Å². The molecule has 23 heavy (non-hydrogen) atoms. The molecule has 0 atom stereocenters. The van der Waals surface area contributed by atoms with Crippen LogP contribution in [0.15, 0.2) is 72.8 Å². The predicted octanol–water partition coefficient (Wildman–Crippen LogP) is 5.84. The zero-order chi connectivity index (χ0) is 16.1. The highest BCUT2D eigenvalue weighted by Gasteiger charge is 2.11. The van der Waals surface area contributed by atoms with Crippen molar-refractivity contribution < 1.29 is 0 Å². The van der Waals surface area contributed by atoms with Crippen LogP contribution in [0.3, 0.4) is 0 Å². The summed E-state index contributed by atoms with van der Waals surface area (Å²) in [6.45, 7) is 5.19. The van der Waals surface area contributed by atoms with E-state index in [-0.39, 0.29) is 0 Å². The summed E-state index contributed by atoms with van der Waals surface area (Å²) >= 11 is 0. The SMILES string of the molecule is CCNc1c(-c2ccccc2)ccc(Nc2ccccc2)c1C. The van der Waals surface area contributed by atoms with Gasteiger partial charge in [0.15, 0.2) is 0 Å². The Kier molecular flexibility index (Phi) is 4.62. The number of anilines is 3. The third-order valence-electron chi connectivity index (χ3n) is 3.96. The van der Waals surface area contributed by atoms with Gasteiger partial charge < -0.3 is 10.6 Å². The predicted molar refractivity (Wildman–Crippen MR) is 101 cm³/mol. The van der Waals surface area contributed by atoms with Gasteiger partial charge in [-0.1, -0.05) is 54.6 Å². The van der Waals surface area contributed by atoms with Gasteiger partial charge in [0.05, 0.1) is 0 Å². The number of nitrogens with one attached hydrogen (secondary N) is 2. The number of para-hydroxylation sites is 1. The van der Waals surface area contributed by atoms with Crippen LogP contribution >= 0.6 is 0 Å². The highest BCUT2D eigenvalue weighted by Crippen LogP contribution is 2.35. The minimum Gasteiger partial charge on any atom is -0.385 e. The number of hydrogen-bond acceptors (Lipinski definition) is 2. The smallest absolute Gasteiger partial charge is 0.0470 e. The van der Waals surface area contributed by atoms with E-state index >= 15 is 0 Å². The quantitative estimate of drug-likeness (QED) is 0.619. The van der Waals surface area contributed by atoms with E-state index in [1.807, 2.05) is 18.2 Å². The fourth-order valence-corrected chi connectivity index (χ4v) is 2.79. The van der Waals surface area contributed by atoms with Crippen molar-refractivity contribution in [3.05, 3.63) is 78.4 Å². The van der Waals surface area contributed by atoms with E-state index in [0.29, 0.717) is 0 Å². The van der Waals surface area contributed by atoms with Crippen LogP contribution in [0.5, 0.6) is 0 Å². The van der Waals surface area contributed by atoms with Gasteiger partial charge in [-0.2, -0.15) is 0 Å². The molecule has 0 fully saturated rings. The van der Waals surface area contributed by atoms with Crippen LogP contribution in [0.25, 0.3) is 11.1 Å². The van der Waals surface area contributed by atoms with Crippen LogP contribution < -0.4 is 10.6 Å². The summed E-state index contributed by atoms with van der Waals surface area (Å²) in [6, 6.07) is 25.1. The van der Waals surface area contributed by atoms with Crippen molar-refractivity contribution in [3.8, 4) is 11.1 Å². The third kappa shape index (κ3) is 3.37. The molecular formula is C21H22N2. The van der Waals surface area contributed by atoms with Crippen LogP contribution in [0.2, 0.25) is 0 Å². The van der Waals surface area contributed by atoms with Crippen molar-refractivity contribution in [3.63, 3.8) is 0 Å².